The summed E-state index contributed by atoms with van der Waals surface area (Å²) in [6.45, 7) is 1.81. The van der Waals surface area contributed by atoms with Crippen LogP contribution in [0.25, 0.3) is 11.3 Å². The van der Waals surface area contributed by atoms with E-state index >= 15 is 0 Å². The van der Waals surface area contributed by atoms with E-state index in [2.05, 4.69) is 15.6 Å². The van der Waals surface area contributed by atoms with E-state index in [9.17, 15) is 22.8 Å². The lowest BCUT2D eigenvalue weighted by molar-refractivity contribution is -0.137. The maximum atomic E-state index is 12.6. The van der Waals surface area contributed by atoms with Crippen molar-refractivity contribution in [3.63, 3.8) is 0 Å². The first-order valence-electron chi connectivity index (χ1n) is 9.11. The molecule has 0 spiro atoms. The first-order valence-corrected chi connectivity index (χ1v) is 9.49. The molecule has 0 saturated carbocycles. The van der Waals surface area contributed by atoms with Gasteiger partial charge in [-0.1, -0.05) is 35.9 Å². The van der Waals surface area contributed by atoms with Gasteiger partial charge in [0.15, 0.2) is 11.5 Å². The zero-order valence-electron chi connectivity index (χ0n) is 16.2. The third kappa shape index (κ3) is 5.64. The third-order valence-electron chi connectivity index (χ3n) is 4.28. The maximum absolute atomic E-state index is 12.6. The van der Waals surface area contributed by atoms with Crippen molar-refractivity contribution >= 4 is 29.1 Å². The van der Waals surface area contributed by atoms with Gasteiger partial charge in [-0.15, -0.1) is 0 Å². The number of carbonyl (C=O) groups excluding carboxylic acids is 2. The highest BCUT2D eigenvalue weighted by atomic mass is 35.5. The number of hydrogen-bond acceptors (Lipinski definition) is 5. The fourth-order valence-electron chi connectivity index (χ4n) is 2.65. The van der Waals surface area contributed by atoms with Gasteiger partial charge in [-0.3, -0.25) is 9.59 Å². The minimum atomic E-state index is -4.53. The standard InChI is InChI=1S/C21H17ClF3N3O3/c1-12(29)13-2-4-14(5-3-13)17-6-7-18(31-17)20(30)27-9-8-26-19-16(22)10-15(11-28-19)21(23,24)25/h2-7,10-11H,8-9H2,1H3,(H,26,28)(H,27,30). The lowest BCUT2D eigenvalue weighted by atomic mass is 10.1. The highest BCUT2D eigenvalue weighted by Gasteiger charge is 2.31. The van der Waals surface area contributed by atoms with E-state index in [0.29, 0.717) is 23.1 Å². The molecule has 0 bridgehead atoms. The fraction of sp³-hybridized carbons (Fsp3) is 0.190. The summed E-state index contributed by atoms with van der Waals surface area (Å²) in [6.07, 6.45) is -3.85. The first kappa shape index (κ1) is 22.4. The lowest BCUT2D eigenvalue weighted by Gasteiger charge is -2.11. The molecule has 2 N–H and O–H groups in total. The second kappa shape index (κ2) is 9.22. The smallest absolute Gasteiger partial charge is 0.417 e. The summed E-state index contributed by atoms with van der Waals surface area (Å²) in [7, 11) is 0. The number of hydrogen-bond donors (Lipinski definition) is 2. The van der Waals surface area contributed by atoms with Gasteiger partial charge in [0, 0.05) is 30.4 Å². The molecule has 0 fully saturated rings. The Hall–Kier alpha value is -3.33. The number of pyridine rings is 1. The van der Waals surface area contributed by atoms with Crippen molar-refractivity contribution in [1.29, 1.82) is 0 Å². The molecule has 0 saturated heterocycles. The predicted octanol–water partition coefficient (Wildman–Crippen LogP) is 5.06. The largest absolute Gasteiger partial charge is 0.451 e. The number of carbonyl (C=O) groups is 2. The molecule has 0 radical (unpaired) electrons. The van der Waals surface area contributed by atoms with Crippen LogP contribution in [0.15, 0.2) is 53.1 Å². The number of ketones is 1. The van der Waals surface area contributed by atoms with Crippen molar-refractivity contribution in [1.82, 2.24) is 10.3 Å². The molecule has 2 aromatic heterocycles. The van der Waals surface area contributed by atoms with Crippen molar-refractivity contribution in [2.45, 2.75) is 13.1 Å². The SMILES string of the molecule is CC(=O)c1ccc(-c2ccc(C(=O)NCCNc3ncc(C(F)(F)F)cc3Cl)o2)cc1. The molecule has 1 amide bonds. The van der Waals surface area contributed by atoms with Crippen LogP contribution in [0.4, 0.5) is 19.0 Å². The number of furan rings is 1. The molecule has 31 heavy (non-hydrogen) atoms. The van der Waals surface area contributed by atoms with Gasteiger partial charge >= 0.3 is 6.18 Å². The van der Waals surface area contributed by atoms with Gasteiger partial charge in [-0.05, 0) is 25.1 Å². The molecule has 0 aliphatic rings. The zero-order chi connectivity index (χ0) is 22.6. The van der Waals surface area contributed by atoms with E-state index in [1.807, 2.05) is 0 Å². The van der Waals surface area contributed by atoms with E-state index in [-0.39, 0.29) is 35.5 Å². The summed E-state index contributed by atoms with van der Waals surface area (Å²) >= 11 is 5.81. The number of alkyl halides is 3. The summed E-state index contributed by atoms with van der Waals surface area (Å²) in [5.41, 5.74) is 0.345. The average molecular weight is 452 g/mol. The third-order valence-corrected chi connectivity index (χ3v) is 4.57. The van der Waals surface area contributed by atoms with Gasteiger partial charge in [0.25, 0.3) is 5.91 Å². The van der Waals surface area contributed by atoms with Gasteiger partial charge in [-0.2, -0.15) is 13.2 Å². The van der Waals surface area contributed by atoms with Crippen LogP contribution < -0.4 is 10.6 Å². The van der Waals surface area contributed by atoms with Crippen molar-refractivity contribution in [2.75, 3.05) is 18.4 Å². The van der Waals surface area contributed by atoms with Crippen LogP contribution in [0.1, 0.15) is 33.4 Å². The van der Waals surface area contributed by atoms with E-state index < -0.39 is 17.6 Å². The van der Waals surface area contributed by atoms with Crippen molar-refractivity contribution in [2.24, 2.45) is 0 Å². The number of amides is 1. The maximum Gasteiger partial charge on any atom is 0.417 e. The predicted molar refractivity (Wildman–Crippen MR) is 109 cm³/mol. The molecular formula is C21H17ClF3N3O3. The van der Waals surface area contributed by atoms with Crippen LogP contribution in [0.5, 0.6) is 0 Å². The Morgan fingerprint density at radius 2 is 1.81 bits per heavy atom. The normalized spacial score (nSPS) is 11.3. The molecule has 3 aromatic rings. The van der Waals surface area contributed by atoms with Crippen LogP contribution in [-0.2, 0) is 6.18 Å². The van der Waals surface area contributed by atoms with Gasteiger partial charge < -0.3 is 15.1 Å². The molecule has 0 aliphatic carbocycles. The lowest BCUT2D eigenvalue weighted by Crippen LogP contribution is -2.28. The number of aromatic nitrogens is 1. The number of benzene rings is 1. The molecular weight excluding hydrogens is 435 g/mol. The second-order valence-corrected chi connectivity index (χ2v) is 6.94. The summed E-state index contributed by atoms with van der Waals surface area (Å²) in [5, 5.41) is 5.21. The Morgan fingerprint density at radius 3 is 2.42 bits per heavy atom. The number of Topliss-reactive ketones (excluding diaryl/α,β-unsaturated/α-hetero) is 1. The number of rotatable bonds is 7. The van der Waals surface area contributed by atoms with Crippen LogP contribution in [0.3, 0.4) is 0 Å². The second-order valence-electron chi connectivity index (χ2n) is 6.53. The van der Waals surface area contributed by atoms with E-state index in [4.69, 9.17) is 16.0 Å². The number of nitrogens with zero attached hydrogens (tertiary/aromatic N) is 1. The molecule has 2 heterocycles. The highest BCUT2D eigenvalue weighted by Crippen LogP contribution is 2.32. The topological polar surface area (TPSA) is 84.2 Å². The van der Waals surface area contributed by atoms with E-state index in [0.717, 1.165) is 6.07 Å². The molecule has 1 aromatic carbocycles. The molecule has 3 rings (SSSR count). The van der Waals surface area contributed by atoms with Crippen LogP contribution >= 0.6 is 11.6 Å². The van der Waals surface area contributed by atoms with Crippen LogP contribution in [0.2, 0.25) is 5.02 Å². The number of anilines is 1. The van der Waals surface area contributed by atoms with Gasteiger partial charge in [0.05, 0.1) is 10.6 Å². The Balaban J connectivity index is 1.52. The van der Waals surface area contributed by atoms with Gasteiger partial charge in [-0.25, -0.2) is 4.98 Å². The van der Waals surface area contributed by atoms with Crippen molar-refractivity contribution in [3.05, 3.63) is 70.6 Å². The summed E-state index contributed by atoms with van der Waals surface area (Å²) < 4.78 is 43.4. The Kier molecular flexibility index (Phi) is 6.65. The number of halogens is 4. The molecule has 0 aliphatic heterocycles. The number of nitrogens with one attached hydrogen (secondary N) is 2. The average Bonchev–Trinajstić information content (AvgIpc) is 3.21. The van der Waals surface area contributed by atoms with Crippen molar-refractivity contribution in [3.8, 4) is 11.3 Å². The fourth-order valence-corrected chi connectivity index (χ4v) is 2.88. The quantitative estimate of drug-likeness (QED) is 0.387. The molecule has 0 unspecified atom stereocenters. The van der Waals surface area contributed by atoms with Gasteiger partial charge in [0.1, 0.15) is 11.6 Å². The summed E-state index contributed by atoms with van der Waals surface area (Å²) in [6, 6.07) is 10.7. The van der Waals surface area contributed by atoms with Crippen molar-refractivity contribution < 1.29 is 27.2 Å². The van der Waals surface area contributed by atoms with E-state index in [1.54, 1.807) is 30.3 Å². The minimum Gasteiger partial charge on any atom is -0.451 e. The molecule has 6 nitrogen and oxygen atoms in total. The first-order chi connectivity index (χ1) is 14.6. The highest BCUT2D eigenvalue weighted by molar-refractivity contribution is 6.32. The van der Waals surface area contributed by atoms with Crippen LogP contribution in [0, 0.1) is 0 Å². The molecule has 162 valence electrons. The Morgan fingerprint density at radius 1 is 1.10 bits per heavy atom. The minimum absolute atomic E-state index is 0.0487. The summed E-state index contributed by atoms with van der Waals surface area (Å²) in [5.74, 6) is 0.140. The van der Waals surface area contributed by atoms with Gasteiger partial charge in [0.2, 0.25) is 0 Å². The Labute approximate surface area is 180 Å². The molecule has 0 atom stereocenters. The monoisotopic (exact) mass is 451 g/mol. The van der Waals surface area contributed by atoms with Crippen LogP contribution in [-0.4, -0.2) is 29.8 Å². The Bertz CT molecular complexity index is 1100. The van der Waals surface area contributed by atoms with E-state index in [1.165, 1.54) is 13.0 Å². The molecule has 10 heteroatoms. The summed E-state index contributed by atoms with van der Waals surface area (Å²) in [4.78, 5) is 27.2. The zero-order valence-corrected chi connectivity index (χ0v) is 17.0.